The first-order valence-corrected chi connectivity index (χ1v) is 20.4. The van der Waals surface area contributed by atoms with Gasteiger partial charge in [-0.25, -0.2) is 4.79 Å². The number of cyclic esters (lactones) is 1. The van der Waals surface area contributed by atoms with Crippen LogP contribution >= 0.6 is 0 Å². The van der Waals surface area contributed by atoms with Gasteiger partial charge in [0.25, 0.3) is 0 Å². The minimum Gasteiger partial charge on any atom is -0.459 e. The van der Waals surface area contributed by atoms with Crippen molar-refractivity contribution in [3.05, 3.63) is 12.7 Å². The Morgan fingerprint density at radius 1 is 0.947 bits per heavy atom. The zero-order chi connectivity index (χ0) is 43.4. The van der Waals surface area contributed by atoms with Crippen LogP contribution in [0.4, 0.5) is 0 Å². The molecule has 0 amide bonds. The smallest absolute Gasteiger partial charge is 0.330 e. The van der Waals surface area contributed by atoms with Crippen LogP contribution in [0.3, 0.4) is 0 Å². The lowest BCUT2D eigenvalue weighted by atomic mass is 9.76. The number of carbonyl (C=O) groups excluding carboxylic acids is 3. The molecule has 3 aliphatic heterocycles. The molecule has 18 atom stereocenters. The van der Waals surface area contributed by atoms with Crippen molar-refractivity contribution in [1.29, 1.82) is 0 Å². The van der Waals surface area contributed by atoms with Gasteiger partial charge in [0.15, 0.2) is 18.7 Å². The SMILES string of the molecule is C=CC(=O)OC1[C@H](C)O[C@@H](O[C@H]2[C@H](C)[C@@H](O[C@@H]3O[C@H](C)C[C@H](N(C)C)[C@H]3O)[C@](C)(OC)C[C@@H](C)C(=O)C[C@H](C)[C@@H](O)[C@](C)(O)[C@@H](CC)OC(=O)[C@@H]2C)C[C@@]1(C)OC. The van der Waals surface area contributed by atoms with E-state index in [2.05, 4.69) is 6.58 Å². The molecule has 0 aliphatic carbocycles. The second-order valence-electron chi connectivity index (χ2n) is 17.7. The third-order valence-electron chi connectivity index (χ3n) is 12.8. The van der Waals surface area contributed by atoms with Gasteiger partial charge in [0.05, 0.1) is 42.0 Å². The van der Waals surface area contributed by atoms with Crippen molar-refractivity contribution in [1.82, 2.24) is 4.90 Å². The van der Waals surface area contributed by atoms with Gasteiger partial charge in [-0.05, 0) is 80.8 Å². The summed E-state index contributed by atoms with van der Waals surface area (Å²) in [4.78, 5) is 42.5. The molecule has 0 spiro atoms. The van der Waals surface area contributed by atoms with E-state index in [4.69, 9.17) is 37.9 Å². The Kier molecular flexibility index (Phi) is 17.3. The maximum Gasteiger partial charge on any atom is 0.330 e. The lowest BCUT2D eigenvalue weighted by Crippen LogP contribution is -2.61. The summed E-state index contributed by atoms with van der Waals surface area (Å²) in [6.07, 6.45) is -7.70. The number of hydrogen-bond acceptors (Lipinski definition) is 15. The first-order chi connectivity index (χ1) is 26.4. The summed E-state index contributed by atoms with van der Waals surface area (Å²) >= 11 is 0. The summed E-state index contributed by atoms with van der Waals surface area (Å²) in [5, 5.41) is 34.8. The molecule has 3 rings (SSSR count). The summed E-state index contributed by atoms with van der Waals surface area (Å²) in [6.45, 7) is 20.8. The molecule has 0 radical (unpaired) electrons. The molecule has 0 aromatic heterocycles. The summed E-state index contributed by atoms with van der Waals surface area (Å²) in [5.74, 6) is -4.64. The van der Waals surface area contributed by atoms with E-state index in [1.165, 1.54) is 21.1 Å². The molecule has 3 saturated heterocycles. The van der Waals surface area contributed by atoms with Gasteiger partial charge in [0.1, 0.15) is 29.2 Å². The largest absolute Gasteiger partial charge is 0.459 e. The molecule has 15 heteroatoms. The van der Waals surface area contributed by atoms with Gasteiger partial charge >= 0.3 is 11.9 Å². The van der Waals surface area contributed by atoms with Crippen molar-refractivity contribution < 1.29 is 67.6 Å². The van der Waals surface area contributed by atoms with Crippen LogP contribution in [-0.2, 0) is 52.3 Å². The van der Waals surface area contributed by atoms with E-state index in [1.54, 1.807) is 41.5 Å². The number of aliphatic hydroxyl groups is 3. The Morgan fingerprint density at radius 2 is 1.54 bits per heavy atom. The maximum atomic E-state index is 14.4. The minimum absolute atomic E-state index is 0.0586. The van der Waals surface area contributed by atoms with E-state index in [0.717, 1.165) is 6.08 Å². The Labute approximate surface area is 340 Å². The van der Waals surface area contributed by atoms with Gasteiger partial charge in [-0.2, -0.15) is 0 Å². The van der Waals surface area contributed by atoms with E-state index < -0.39 is 108 Å². The molecule has 3 heterocycles. The van der Waals surface area contributed by atoms with Crippen LogP contribution in [0, 0.1) is 23.7 Å². The Balaban J connectivity index is 2.23. The van der Waals surface area contributed by atoms with Gasteiger partial charge < -0.3 is 58.1 Å². The first-order valence-electron chi connectivity index (χ1n) is 20.4. The van der Waals surface area contributed by atoms with Crippen molar-refractivity contribution in [2.75, 3.05) is 28.3 Å². The molecule has 1 unspecified atom stereocenters. The number of Topliss-reactive ketones (excluding diaryl/α,β-unsaturated/α-hetero) is 1. The van der Waals surface area contributed by atoms with Gasteiger partial charge in [-0.3, -0.25) is 9.59 Å². The number of hydrogen-bond donors (Lipinski definition) is 3. The molecule has 0 aromatic rings. The Morgan fingerprint density at radius 3 is 2.09 bits per heavy atom. The fraction of sp³-hybridized carbons (Fsp3) is 0.881. The lowest BCUT2D eigenvalue weighted by molar-refractivity contribution is -0.319. The monoisotopic (exact) mass is 816 g/mol. The van der Waals surface area contributed by atoms with Crippen LogP contribution in [0.25, 0.3) is 0 Å². The van der Waals surface area contributed by atoms with Gasteiger partial charge in [0.2, 0.25) is 0 Å². The summed E-state index contributed by atoms with van der Waals surface area (Å²) in [7, 11) is 6.76. The highest BCUT2D eigenvalue weighted by Gasteiger charge is 2.54. The molecule has 3 aliphatic rings. The average Bonchev–Trinajstić information content (AvgIpc) is 3.15. The van der Waals surface area contributed by atoms with E-state index in [-0.39, 0.29) is 43.6 Å². The Bertz CT molecular complexity index is 1360. The molecule has 3 fully saturated rings. The van der Waals surface area contributed by atoms with Crippen LogP contribution in [0.2, 0.25) is 0 Å². The number of ketones is 1. The molecule has 57 heavy (non-hydrogen) atoms. The number of nitrogens with zero attached hydrogens (tertiary/aromatic N) is 1. The number of carbonyl (C=O) groups is 3. The van der Waals surface area contributed by atoms with E-state index in [1.807, 2.05) is 39.8 Å². The second kappa shape index (κ2) is 20.0. The molecular weight excluding hydrogens is 742 g/mol. The Hall–Kier alpha value is -2.05. The van der Waals surface area contributed by atoms with E-state index in [0.29, 0.717) is 6.42 Å². The van der Waals surface area contributed by atoms with Crippen molar-refractivity contribution in [2.24, 2.45) is 23.7 Å². The minimum atomic E-state index is -1.91. The van der Waals surface area contributed by atoms with E-state index >= 15 is 0 Å². The number of methoxy groups -OCH3 is 2. The van der Waals surface area contributed by atoms with Crippen LogP contribution in [0.1, 0.15) is 101 Å². The van der Waals surface area contributed by atoms with Crippen molar-refractivity contribution in [3.63, 3.8) is 0 Å². The number of rotatable bonds is 10. The third-order valence-corrected chi connectivity index (χ3v) is 12.8. The third kappa shape index (κ3) is 11.2. The number of aliphatic hydroxyl groups excluding tert-OH is 2. The van der Waals surface area contributed by atoms with Gasteiger partial charge in [-0.1, -0.05) is 34.3 Å². The topological polar surface area (TPSA) is 189 Å². The highest BCUT2D eigenvalue weighted by molar-refractivity contribution is 5.81. The second-order valence-corrected chi connectivity index (χ2v) is 17.7. The van der Waals surface area contributed by atoms with Gasteiger partial charge in [0, 0.05) is 51.0 Å². The van der Waals surface area contributed by atoms with Gasteiger partial charge in [-0.15, -0.1) is 0 Å². The number of esters is 2. The van der Waals surface area contributed by atoms with Crippen molar-refractivity contribution in [3.8, 4) is 0 Å². The maximum absolute atomic E-state index is 14.4. The van der Waals surface area contributed by atoms with Crippen molar-refractivity contribution >= 4 is 17.7 Å². The highest BCUT2D eigenvalue weighted by atomic mass is 16.7. The molecule has 0 saturated carbocycles. The normalized spacial score (nSPS) is 45.8. The first kappa shape index (κ1) is 49.3. The molecule has 330 valence electrons. The van der Waals surface area contributed by atoms with Crippen LogP contribution in [0.15, 0.2) is 12.7 Å². The molecule has 3 N–H and O–H groups in total. The fourth-order valence-electron chi connectivity index (χ4n) is 9.08. The molecule has 15 nitrogen and oxygen atoms in total. The predicted octanol–water partition coefficient (Wildman–Crippen LogP) is 3.57. The highest BCUT2D eigenvalue weighted by Crippen LogP contribution is 2.42. The summed E-state index contributed by atoms with van der Waals surface area (Å²) in [5.41, 5.74) is -4.24. The summed E-state index contributed by atoms with van der Waals surface area (Å²) < 4.78 is 50.2. The van der Waals surface area contributed by atoms with Crippen LogP contribution in [-0.4, -0.2) is 151 Å². The summed E-state index contributed by atoms with van der Waals surface area (Å²) in [6, 6.07) is -0.301. The van der Waals surface area contributed by atoms with Crippen LogP contribution < -0.4 is 0 Å². The van der Waals surface area contributed by atoms with Crippen molar-refractivity contribution in [2.45, 2.75) is 186 Å². The molecule has 0 bridgehead atoms. The zero-order valence-corrected chi connectivity index (χ0v) is 36.8. The predicted molar refractivity (Wildman–Crippen MR) is 210 cm³/mol. The van der Waals surface area contributed by atoms with Crippen LogP contribution in [0.5, 0.6) is 0 Å². The number of ether oxygens (including phenoxy) is 8. The molecular formula is C42H73NO14. The fourth-order valence-corrected chi connectivity index (χ4v) is 9.08. The lowest BCUT2D eigenvalue weighted by Gasteiger charge is -2.49. The molecule has 0 aromatic carbocycles. The average molecular weight is 816 g/mol. The van der Waals surface area contributed by atoms with E-state index in [9.17, 15) is 29.7 Å². The number of likely N-dealkylation sites (N-methyl/N-ethyl adjacent to an activating group) is 1. The quantitative estimate of drug-likeness (QED) is 0.214. The zero-order valence-electron chi connectivity index (χ0n) is 36.8. The standard InChI is InChI=1S/C42H73NO14/c1-16-30-42(11,49)35(47)22(3)18-29(44)23(4)20-40(9,50-14)36(57-39-33(46)28(43(12)13)19-24(5)52-39)25(6)34(26(7)38(48)54-30)56-32-21-41(10,51-15)37(27(8)53-32)55-31(45)17-2/h17,22-28,30,32-37,39,46-47,49H,2,16,18-21H2,1,3-15H3/t22-,23+,24+,25-,26+,27-,28-,30+,32-,33+,34-,35+,36+,37?,39-,40+,41+,42+/m0/s1.